The van der Waals surface area contributed by atoms with E-state index in [1.165, 1.54) is 0 Å². The molecule has 0 aliphatic carbocycles. The summed E-state index contributed by atoms with van der Waals surface area (Å²) in [5.41, 5.74) is 0. The van der Waals surface area contributed by atoms with Gasteiger partial charge < -0.3 is 32.1 Å². The number of aliphatic hydroxyl groups is 6. The first-order valence-electron chi connectivity index (χ1n) is 6.79. The molecule has 0 aromatic rings. The second-order valence-electron chi connectivity index (χ2n) is 4.02. The molecule has 21 heavy (non-hydrogen) atoms. The summed E-state index contributed by atoms with van der Waals surface area (Å²) in [6.45, 7) is 3.51. The average Bonchev–Trinajstić information content (AvgIpc) is 2.41. The predicted octanol–water partition coefficient (Wildman–Crippen LogP) is -6.35. The van der Waals surface area contributed by atoms with Gasteiger partial charge in [0.1, 0.15) is 0 Å². The van der Waals surface area contributed by atoms with E-state index < -0.39 is 0 Å². The van der Waals surface area contributed by atoms with Crippen molar-refractivity contribution >= 4 is 0 Å². The van der Waals surface area contributed by atoms with Gasteiger partial charge in [-0.2, -0.15) is 0 Å². The standard InChI is InChI=1S/2C6H15NO3.Na.H/c2*8-4-1-7(2-5-9)3-6-10;;/h2*8-10H,1-6H2;;/q;;+1;-1. The zero-order chi connectivity index (χ0) is 15.6. The van der Waals surface area contributed by atoms with Crippen LogP contribution in [-0.4, -0.2) is 119 Å². The molecule has 0 aromatic heterocycles. The molecule has 0 unspecified atom stereocenters. The maximum atomic E-state index is 8.48. The summed E-state index contributed by atoms with van der Waals surface area (Å²) in [5, 5.41) is 50.9. The van der Waals surface area contributed by atoms with Gasteiger partial charge in [-0.25, -0.2) is 0 Å². The minimum absolute atomic E-state index is 0. The Morgan fingerprint density at radius 1 is 0.429 bits per heavy atom. The first-order chi connectivity index (χ1) is 9.69. The average molecular weight is 322 g/mol. The van der Waals surface area contributed by atoms with Crippen LogP contribution in [0.5, 0.6) is 0 Å². The van der Waals surface area contributed by atoms with Crippen LogP contribution in [0, 0.1) is 0 Å². The maximum absolute atomic E-state index is 8.48. The quantitative estimate of drug-likeness (QED) is 0.196. The van der Waals surface area contributed by atoms with Gasteiger partial charge in [-0.05, 0) is 0 Å². The number of hydrogen-bond donors (Lipinski definition) is 6. The molecule has 0 bridgehead atoms. The van der Waals surface area contributed by atoms with Crippen molar-refractivity contribution < 1.29 is 61.6 Å². The van der Waals surface area contributed by atoms with Gasteiger partial charge in [0.2, 0.25) is 0 Å². The Balaban J connectivity index is -0.000000135. The van der Waals surface area contributed by atoms with Gasteiger partial charge in [0.05, 0.1) is 39.6 Å². The number of rotatable bonds is 12. The first-order valence-corrected chi connectivity index (χ1v) is 6.79. The van der Waals surface area contributed by atoms with Crippen LogP contribution in [0.2, 0.25) is 0 Å². The fourth-order valence-corrected chi connectivity index (χ4v) is 1.52. The SMILES string of the molecule is OCCN(CCO)CCO.OCCN(CCO)CCO.[H-].[Na+]. The van der Waals surface area contributed by atoms with E-state index in [0.29, 0.717) is 39.3 Å². The van der Waals surface area contributed by atoms with Crippen molar-refractivity contribution in [3.8, 4) is 0 Å². The topological polar surface area (TPSA) is 128 Å². The summed E-state index contributed by atoms with van der Waals surface area (Å²) in [5.74, 6) is 0. The van der Waals surface area contributed by atoms with Gasteiger partial charge in [-0.1, -0.05) is 0 Å². The Labute approximate surface area is 150 Å². The normalized spacial score (nSPS) is 10.3. The second-order valence-corrected chi connectivity index (χ2v) is 4.02. The molecule has 9 heteroatoms. The molecule has 0 saturated carbocycles. The molecule has 8 nitrogen and oxygen atoms in total. The fraction of sp³-hybridized carbons (Fsp3) is 1.00. The van der Waals surface area contributed by atoms with Crippen molar-refractivity contribution in [2.24, 2.45) is 0 Å². The molecule has 0 fully saturated rings. The molecule has 0 atom stereocenters. The van der Waals surface area contributed by atoms with Gasteiger partial charge in [-0.15, -0.1) is 0 Å². The van der Waals surface area contributed by atoms with Crippen LogP contribution in [0.15, 0.2) is 0 Å². The summed E-state index contributed by atoms with van der Waals surface area (Å²) in [6, 6.07) is 0. The van der Waals surface area contributed by atoms with Crippen LogP contribution in [0.25, 0.3) is 0 Å². The first kappa shape index (κ1) is 26.6. The number of nitrogens with zero attached hydrogens (tertiary/aromatic N) is 2. The zero-order valence-corrected chi connectivity index (χ0v) is 15.1. The molecule has 0 heterocycles. The third-order valence-electron chi connectivity index (χ3n) is 2.50. The Morgan fingerprint density at radius 2 is 0.571 bits per heavy atom. The monoisotopic (exact) mass is 322 g/mol. The van der Waals surface area contributed by atoms with E-state index in [9.17, 15) is 0 Å². The third-order valence-corrected chi connectivity index (χ3v) is 2.50. The Bertz CT molecular complexity index is 141. The molecule has 126 valence electrons. The summed E-state index contributed by atoms with van der Waals surface area (Å²) in [6.07, 6.45) is 0. The van der Waals surface area contributed by atoms with Crippen molar-refractivity contribution in [3.05, 3.63) is 0 Å². The Hall–Kier alpha value is 0.680. The molecular formula is C12H31N2NaO6. The van der Waals surface area contributed by atoms with Crippen LogP contribution >= 0.6 is 0 Å². The van der Waals surface area contributed by atoms with E-state index >= 15 is 0 Å². The van der Waals surface area contributed by atoms with E-state index in [4.69, 9.17) is 30.6 Å². The predicted molar refractivity (Wildman–Crippen MR) is 76.5 cm³/mol. The zero-order valence-electron chi connectivity index (χ0n) is 14.1. The third kappa shape index (κ3) is 20.7. The van der Waals surface area contributed by atoms with Crippen LogP contribution < -0.4 is 29.6 Å². The van der Waals surface area contributed by atoms with Crippen molar-refractivity contribution in [1.29, 1.82) is 0 Å². The van der Waals surface area contributed by atoms with Crippen LogP contribution in [0.1, 0.15) is 1.43 Å². The van der Waals surface area contributed by atoms with Gasteiger partial charge in [0, 0.05) is 39.3 Å². The largest absolute Gasteiger partial charge is 1.00 e. The second kappa shape index (κ2) is 23.0. The van der Waals surface area contributed by atoms with Crippen LogP contribution in [0.4, 0.5) is 0 Å². The van der Waals surface area contributed by atoms with Crippen LogP contribution in [-0.2, 0) is 0 Å². The molecule has 0 amide bonds. The minimum atomic E-state index is 0. The van der Waals surface area contributed by atoms with E-state index in [1.54, 1.807) is 9.80 Å². The molecule has 0 saturated heterocycles. The molecule has 0 spiro atoms. The smallest absolute Gasteiger partial charge is 1.00 e. The van der Waals surface area contributed by atoms with Crippen molar-refractivity contribution in [2.45, 2.75) is 0 Å². The van der Waals surface area contributed by atoms with Gasteiger partial charge in [-0.3, -0.25) is 9.80 Å². The van der Waals surface area contributed by atoms with E-state index in [-0.39, 0.29) is 70.6 Å². The van der Waals surface area contributed by atoms with Gasteiger partial charge >= 0.3 is 29.6 Å². The van der Waals surface area contributed by atoms with E-state index in [2.05, 4.69) is 0 Å². The van der Waals surface area contributed by atoms with Gasteiger partial charge in [0.15, 0.2) is 0 Å². The molecule has 0 aromatic carbocycles. The fourth-order valence-electron chi connectivity index (χ4n) is 1.52. The molecule has 6 N–H and O–H groups in total. The summed E-state index contributed by atoms with van der Waals surface area (Å²) in [4.78, 5) is 3.58. The molecule has 0 aliphatic rings. The molecule has 0 rings (SSSR count). The summed E-state index contributed by atoms with van der Waals surface area (Å²) >= 11 is 0. The van der Waals surface area contributed by atoms with E-state index in [0.717, 1.165) is 0 Å². The van der Waals surface area contributed by atoms with Crippen LogP contribution in [0.3, 0.4) is 0 Å². The van der Waals surface area contributed by atoms with Crippen molar-refractivity contribution in [1.82, 2.24) is 9.80 Å². The van der Waals surface area contributed by atoms with E-state index in [1.807, 2.05) is 0 Å². The number of hydrogen-bond acceptors (Lipinski definition) is 8. The molecular weight excluding hydrogens is 291 g/mol. The summed E-state index contributed by atoms with van der Waals surface area (Å²) in [7, 11) is 0. The van der Waals surface area contributed by atoms with Gasteiger partial charge in [0.25, 0.3) is 0 Å². The van der Waals surface area contributed by atoms with Crippen molar-refractivity contribution in [3.63, 3.8) is 0 Å². The molecule has 0 radical (unpaired) electrons. The minimum Gasteiger partial charge on any atom is -1.00 e. The Morgan fingerprint density at radius 3 is 0.667 bits per heavy atom. The maximum Gasteiger partial charge on any atom is 1.00 e. The Kier molecular flexibility index (Phi) is 29.0. The molecule has 0 aliphatic heterocycles. The summed E-state index contributed by atoms with van der Waals surface area (Å²) < 4.78 is 0. The van der Waals surface area contributed by atoms with Crippen molar-refractivity contribution in [2.75, 3.05) is 78.9 Å². The number of aliphatic hydroxyl groups excluding tert-OH is 6.